The van der Waals surface area contributed by atoms with E-state index in [0.29, 0.717) is 11.6 Å². The zero-order chi connectivity index (χ0) is 13.0. The molecule has 2 aromatic rings. The first-order valence-electron chi connectivity index (χ1n) is 6.14. The Bertz CT molecular complexity index is 493. The largest absolute Gasteiger partial charge is 0.387 e. The second kappa shape index (κ2) is 6.03. The summed E-state index contributed by atoms with van der Waals surface area (Å²) in [7, 11) is 0. The Morgan fingerprint density at radius 1 is 1.33 bits per heavy atom. The Balaban J connectivity index is 2.08. The number of hydrogen-bond acceptors (Lipinski definition) is 2. The molecule has 0 saturated heterocycles. The third kappa shape index (κ3) is 3.12. The second-order valence-corrected chi connectivity index (χ2v) is 4.75. The number of nitrogens with zero attached hydrogens (tertiary/aromatic N) is 2. The third-order valence-electron chi connectivity index (χ3n) is 2.90. The van der Waals surface area contributed by atoms with Gasteiger partial charge in [0, 0.05) is 23.8 Å². The summed E-state index contributed by atoms with van der Waals surface area (Å²) >= 11 is 5.83. The number of aliphatic hydroxyl groups excluding tert-OH is 1. The number of halogens is 1. The van der Waals surface area contributed by atoms with E-state index in [-0.39, 0.29) is 0 Å². The molecule has 2 rings (SSSR count). The monoisotopic (exact) mass is 264 g/mol. The first-order chi connectivity index (χ1) is 8.70. The smallest absolute Gasteiger partial charge is 0.108 e. The standard InChI is InChI=1S/C14H17ClN2O/c1-2-3-14-16-8-9-17(14)10-13(18)11-4-6-12(15)7-5-11/h4-9,13,18H,2-3,10H2,1H3. The molecule has 0 aliphatic heterocycles. The third-order valence-corrected chi connectivity index (χ3v) is 3.15. The van der Waals surface area contributed by atoms with E-state index in [1.165, 1.54) is 0 Å². The van der Waals surface area contributed by atoms with Crippen LogP contribution in [0.3, 0.4) is 0 Å². The SMILES string of the molecule is CCCc1nccn1CC(O)c1ccc(Cl)cc1. The molecule has 4 heteroatoms. The van der Waals surface area contributed by atoms with Gasteiger partial charge in [0.25, 0.3) is 0 Å². The fourth-order valence-electron chi connectivity index (χ4n) is 1.93. The zero-order valence-electron chi connectivity index (χ0n) is 10.4. The van der Waals surface area contributed by atoms with Crippen LogP contribution in [0.25, 0.3) is 0 Å². The van der Waals surface area contributed by atoms with Gasteiger partial charge in [-0.15, -0.1) is 0 Å². The quantitative estimate of drug-likeness (QED) is 0.900. The molecule has 0 amide bonds. The minimum absolute atomic E-state index is 0.525. The van der Waals surface area contributed by atoms with Gasteiger partial charge in [0.15, 0.2) is 0 Å². The lowest BCUT2D eigenvalue weighted by Gasteiger charge is -2.14. The Labute approximate surface area is 112 Å². The average molecular weight is 265 g/mol. The fraction of sp³-hybridized carbons (Fsp3) is 0.357. The van der Waals surface area contributed by atoms with E-state index in [2.05, 4.69) is 11.9 Å². The summed E-state index contributed by atoms with van der Waals surface area (Å²) in [4.78, 5) is 4.30. The molecule has 0 saturated carbocycles. The molecule has 0 aliphatic rings. The van der Waals surface area contributed by atoms with E-state index < -0.39 is 6.10 Å². The number of aromatic nitrogens is 2. The molecule has 1 atom stereocenters. The van der Waals surface area contributed by atoms with Gasteiger partial charge in [0.2, 0.25) is 0 Å². The summed E-state index contributed by atoms with van der Waals surface area (Å²) in [5.74, 6) is 1.02. The van der Waals surface area contributed by atoms with Crippen LogP contribution in [0.4, 0.5) is 0 Å². The molecule has 96 valence electrons. The van der Waals surface area contributed by atoms with Crippen molar-refractivity contribution in [1.82, 2.24) is 9.55 Å². The molecule has 1 aromatic heterocycles. The van der Waals surface area contributed by atoms with Crippen LogP contribution in [0.5, 0.6) is 0 Å². The van der Waals surface area contributed by atoms with Gasteiger partial charge in [-0.05, 0) is 24.1 Å². The lowest BCUT2D eigenvalue weighted by atomic mass is 10.1. The molecule has 1 heterocycles. The Kier molecular flexibility index (Phi) is 4.39. The molecule has 0 fully saturated rings. The van der Waals surface area contributed by atoms with Crippen LogP contribution in [0.15, 0.2) is 36.7 Å². The number of rotatable bonds is 5. The van der Waals surface area contributed by atoms with Crippen LogP contribution >= 0.6 is 11.6 Å². The summed E-state index contributed by atoms with van der Waals surface area (Å²) in [6.45, 7) is 2.64. The molecule has 1 N–H and O–H groups in total. The highest BCUT2D eigenvalue weighted by Crippen LogP contribution is 2.18. The highest BCUT2D eigenvalue weighted by Gasteiger charge is 2.10. The van der Waals surface area contributed by atoms with Crippen molar-refractivity contribution in [1.29, 1.82) is 0 Å². The predicted molar refractivity (Wildman–Crippen MR) is 72.6 cm³/mol. The lowest BCUT2D eigenvalue weighted by Crippen LogP contribution is -2.11. The fourth-order valence-corrected chi connectivity index (χ4v) is 2.06. The van der Waals surface area contributed by atoms with Crippen molar-refractivity contribution >= 4 is 11.6 Å². The molecule has 3 nitrogen and oxygen atoms in total. The molecule has 0 spiro atoms. The van der Waals surface area contributed by atoms with Crippen molar-refractivity contribution < 1.29 is 5.11 Å². The number of benzene rings is 1. The van der Waals surface area contributed by atoms with Crippen LogP contribution in [-0.2, 0) is 13.0 Å². The minimum atomic E-state index is -0.535. The van der Waals surface area contributed by atoms with Crippen LogP contribution in [0.2, 0.25) is 5.02 Å². The summed E-state index contributed by atoms with van der Waals surface area (Å²) < 4.78 is 2.00. The van der Waals surface area contributed by atoms with E-state index in [9.17, 15) is 5.11 Å². The van der Waals surface area contributed by atoms with Crippen molar-refractivity contribution in [3.05, 3.63) is 53.1 Å². The summed E-state index contributed by atoms with van der Waals surface area (Å²) in [5, 5.41) is 10.9. The van der Waals surface area contributed by atoms with Crippen molar-refractivity contribution in [2.24, 2.45) is 0 Å². The molecular formula is C14H17ClN2O. The van der Waals surface area contributed by atoms with E-state index in [1.54, 1.807) is 18.3 Å². The normalized spacial score (nSPS) is 12.6. The predicted octanol–water partition coefficient (Wildman–Crippen LogP) is 3.22. The summed E-state index contributed by atoms with van der Waals surface area (Å²) in [6, 6.07) is 7.29. The second-order valence-electron chi connectivity index (χ2n) is 4.31. The molecule has 0 aliphatic carbocycles. The molecule has 0 radical (unpaired) electrons. The molecular weight excluding hydrogens is 248 g/mol. The minimum Gasteiger partial charge on any atom is -0.387 e. The van der Waals surface area contributed by atoms with E-state index in [4.69, 9.17) is 11.6 Å². The number of aliphatic hydroxyl groups is 1. The molecule has 0 bridgehead atoms. The Morgan fingerprint density at radius 3 is 2.72 bits per heavy atom. The van der Waals surface area contributed by atoms with Gasteiger partial charge in [0.1, 0.15) is 5.82 Å². The van der Waals surface area contributed by atoms with Gasteiger partial charge in [-0.2, -0.15) is 0 Å². The van der Waals surface area contributed by atoms with Crippen LogP contribution in [0, 0.1) is 0 Å². The molecule has 1 unspecified atom stereocenters. The van der Waals surface area contributed by atoms with Crippen LogP contribution in [-0.4, -0.2) is 14.7 Å². The van der Waals surface area contributed by atoms with Gasteiger partial charge < -0.3 is 9.67 Å². The van der Waals surface area contributed by atoms with Crippen molar-refractivity contribution in [2.45, 2.75) is 32.4 Å². The van der Waals surface area contributed by atoms with Gasteiger partial charge >= 0.3 is 0 Å². The maximum atomic E-state index is 10.2. The first kappa shape index (κ1) is 13.1. The van der Waals surface area contributed by atoms with Crippen LogP contribution in [0.1, 0.15) is 30.8 Å². The molecule has 1 aromatic carbocycles. The van der Waals surface area contributed by atoms with Crippen LogP contribution < -0.4 is 0 Å². The van der Waals surface area contributed by atoms with Gasteiger partial charge in [-0.1, -0.05) is 30.7 Å². The zero-order valence-corrected chi connectivity index (χ0v) is 11.1. The topological polar surface area (TPSA) is 38.0 Å². The summed E-state index contributed by atoms with van der Waals surface area (Å²) in [5.41, 5.74) is 0.871. The van der Waals surface area contributed by atoms with Crippen molar-refractivity contribution in [3.8, 4) is 0 Å². The van der Waals surface area contributed by atoms with E-state index >= 15 is 0 Å². The Hall–Kier alpha value is -1.32. The summed E-state index contributed by atoms with van der Waals surface area (Å²) in [6.07, 6.45) is 5.13. The van der Waals surface area contributed by atoms with Gasteiger partial charge in [-0.3, -0.25) is 0 Å². The van der Waals surface area contributed by atoms with Crippen molar-refractivity contribution in [3.63, 3.8) is 0 Å². The lowest BCUT2D eigenvalue weighted by molar-refractivity contribution is 0.155. The maximum absolute atomic E-state index is 10.2. The van der Waals surface area contributed by atoms with Gasteiger partial charge in [-0.25, -0.2) is 4.98 Å². The number of hydrogen-bond donors (Lipinski definition) is 1. The highest BCUT2D eigenvalue weighted by atomic mass is 35.5. The van der Waals surface area contributed by atoms with Gasteiger partial charge in [0.05, 0.1) is 12.6 Å². The first-order valence-corrected chi connectivity index (χ1v) is 6.52. The average Bonchev–Trinajstić information content (AvgIpc) is 2.78. The van der Waals surface area contributed by atoms with Crippen molar-refractivity contribution in [2.75, 3.05) is 0 Å². The Morgan fingerprint density at radius 2 is 2.06 bits per heavy atom. The highest BCUT2D eigenvalue weighted by molar-refractivity contribution is 6.30. The van der Waals surface area contributed by atoms with E-state index in [0.717, 1.165) is 24.2 Å². The maximum Gasteiger partial charge on any atom is 0.108 e. The van der Waals surface area contributed by atoms with E-state index in [1.807, 2.05) is 22.9 Å². The number of aryl methyl sites for hydroxylation is 1. The number of imidazole rings is 1. The molecule has 18 heavy (non-hydrogen) atoms.